The fourth-order valence-corrected chi connectivity index (χ4v) is 9.07. The molecule has 12 heteroatoms. The fraction of sp³-hybridized carbons (Fsp3) is 0.775. The maximum atomic E-state index is 14.2. The molecule has 0 aromatic heterocycles. The Labute approximate surface area is 307 Å². The number of rotatable bonds is 5. The summed E-state index contributed by atoms with van der Waals surface area (Å²) in [6, 6.07) is 0. The van der Waals surface area contributed by atoms with E-state index in [2.05, 4.69) is 26.8 Å². The van der Waals surface area contributed by atoms with Crippen molar-refractivity contribution in [3.63, 3.8) is 0 Å². The predicted octanol–water partition coefficient (Wildman–Crippen LogP) is 3.38. The third kappa shape index (κ3) is 7.76. The average Bonchev–Trinajstić information content (AvgIpc) is 3.45. The molecule has 12 nitrogen and oxygen atoms in total. The third-order valence-corrected chi connectivity index (χ3v) is 12.4. The van der Waals surface area contributed by atoms with Gasteiger partial charge in [0.2, 0.25) is 0 Å². The summed E-state index contributed by atoms with van der Waals surface area (Å²) >= 11 is 0. The summed E-state index contributed by atoms with van der Waals surface area (Å²) in [4.78, 5) is 14.2. The second kappa shape index (κ2) is 16.0. The Bertz CT molecular complexity index is 1400. The Balaban J connectivity index is 1.38. The summed E-state index contributed by atoms with van der Waals surface area (Å²) in [6.07, 6.45) is 4.96. The Kier molecular flexibility index (Phi) is 12.2. The second-order valence-corrected chi connectivity index (χ2v) is 16.3. The zero-order valence-corrected chi connectivity index (χ0v) is 31.4. The van der Waals surface area contributed by atoms with Gasteiger partial charge in [0.15, 0.2) is 12.1 Å². The van der Waals surface area contributed by atoms with E-state index in [1.165, 1.54) is 0 Å². The van der Waals surface area contributed by atoms with E-state index in [9.17, 15) is 30.3 Å². The van der Waals surface area contributed by atoms with Gasteiger partial charge in [-0.15, -0.1) is 0 Å². The highest BCUT2D eigenvalue weighted by molar-refractivity contribution is 5.78. The number of hydrogen-bond donors (Lipinski definition) is 5. The summed E-state index contributed by atoms with van der Waals surface area (Å²) < 4.78 is 38.3. The van der Waals surface area contributed by atoms with E-state index < -0.39 is 78.9 Å². The first kappa shape index (κ1) is 39.7. The summed E-state index contributed by atoms with van der Waals surface area (Å²) in [5, 5.41) is 54.4. The van der Waals surface area contributed by atoms with Gasteiger partial charge < -0.3 is 54.0 Å². The van der Waals surface area contributed by atoms with Crippen molar-refractivity contribution in [2.75, 3.05) is 13.2 Å². The number of esters is 1. The van der Waals surface area contributed by atoms with E-state index in [4.69, 9.17) is 28.4 Å². The van der Waals surface area contributed by atoms with Gasteiger partial charge in [-0.2, -0.15) is 0 Å². The van der Waals surface area contributed by atoms with Crippen molar-refractivity contribution in [2.45, 2.75) is 159 Å². The molecular weight excluding hydrogens is 672 g/mol. The molecule has 2 bridgehead atoms. The summed E-state index contributed by atoms with van der Waals surface area (Å²) in [5.74, 6) is -2.28. The second-order valence-electron chi connectivity index (χ2n) is 16.3. The van der Waals surface area contributed by atoms with Crippen LogP contribution in [0.4, 0.5) is 0 Å². The number of fused-ring (bicyclic) bond motifs is 2. The van der Waals surface area contributed by atoms with Gasteiger partial charge in [0.05, 0.1) is 37.6 Å². The predicted molar refractivity (Wildman–Crippen MR) is 189 cm³/mol. The lowest BCUT2D eigenvalue weighted by Gasteiger charge is -2.51. The van der Waals surface area contributed by atoms with Crippen molar-refractivity contribution in [2.24, 2.45) is 23.7 Å². The zero-order chi connectivity index (χ0) is 37.5. The van der Waals surface area contributed by atoms with Gasteiger partial charge in [0.1, 0.15) is 42.0 Å². The largest absolute Gasteiger partial charge is 0.462 e. The van der Waals surface area contributed by atoms with Crippen LogP contribution < -0.4 is 0 Å². The number of hydrogen-bond acceptors (Lipinski definition) is 12. The molecule has 4 saturated heterocycles. The molecule has 16 atom stereocenters. The minimum Gasteiger partial charge on any atom is -0.462 e. The minimum atomic E-state index is -1.84. The van der Waals surface area contributed by atoms with Gasteiger partial charge >= 0.3 is 5.97 Å². The van der Waals surface area contributed by atoms with Gasteiger partial charge in [-0.3, -0.25) is 4.79 Å². The quantitative estimate of drug-likeness (QED) is 0.206. The van der Waals surface area contributed by atoms with Crippen LogP contribution >= 0.6 is 0 Å². The van der Waals surface area contributed by atoms with Crippen LogP contribution in [0.15, 0.2) is 47.1 Å². The standard InChI is InChI=1S/C40H60O12/c1-7-21(2)35-24(5)13-14-39(52-35)18-28-16-27(51-39)12-11-23(4)34(50-38-31(43)17-30(42)32(19-41)49-38)22(3)9-8-10-26-20-47-36-33(44)25(6)15-29(37(45)48-28)40(26,36)46/h8-11,15,21-22,24,27-36,38,41-44,46H,7,12-14,16-20H2,1-6H3/b9-8+,23-11+,26-10+/t21-,22-,24-,27+,28-,29-,30-,31+,32+,33+,34-,35+,36+,38-,39+,40+/m0/s1. The third-order valence-electron chi connectivity index (χ3n) is 12.4. The molecule has 0 aromatic carbocycles. The van der Waals surface area contributed by atoms with Crippen molar-refractivity contribution in [1.82, 2.24) is 0 Å². The summed E-state index contributed by atoms with van der Waals surface area (Å²) in [6.45, 7) is 11.8. The van der Waals surface area contributed by atoms with Crippen molar-refractivity contribution in [3.8, 4) is 0 Å². The van der Waals surface area contributed by atoms with E-state index in [-0.39, 0.29) is 31.2 Å². The highest BCUT2D eigenvalue weighted by Gasteiger charge is 2.60. The molecule has 5 aliphatic heterocycles. The Hall–Kier alpha value is -1.97. The van der Waals surface area contributed by atoms with Gasteiger partial charge in [-0.1, -0.05) is 64.5 Å². The zero-order valence-electron chi connectivity index (χ0n) is 31.4. The van der Waals surface area contributed by atoms with Gasteiger partial charge in [0.25, 0.3) is 0 Å². The van der Waals surface area contributed by atoms with Gasteiger partial charge in [0, 0.05) is 31.6 Å². The molecule has 5 N–H and O–H groups in total. The average molecular weight is 733 g/mol. The molecule has 0 amide bonds. The normalized spacial score (nSPS) is 49.1. The molecule has 0 radical (unpaired) electrons. The van der Waals surface area contributed by atoms with E-state index in [1.54, 1.807) is 25.2 Å². The fourth-order valence-electron chi connectivity index (χ4n) is 9.07. The first-order valence-corrected chi connectivity index (χ1v) is 19.3. The molecular formula is C40H60O12. The SMILES string of the molecule is CC[C@H](C)[C@H]1O[C@]2(CC[C@@H]1C)C[C@@H]1C[C@@H](C/C=C(\C)[C@@H](O[C@@H]3O[C@H](CO)[C@@H](O)C[C@H]3O)[C@@H](C)/C=C/C=C3\CO[C@@H]4[C@H](O)C(C)=C[C@@H](C(=O)O1)[C@]34O)O2. The number of carbonyl (C=O) groups excluding carboxylic acids is 1. The van der Waals surface area contributed by atoms with Crippen LogP contribution in [0, 0.1) is 23.7 Å². The summed E-state index contributed by atoms with van der Waals surface area (Å²) in [7, 11) is 0. The van der Waals surface area contributed by atoms with Crippen molar-refractivity contribution >= 4 is 5.97 Å². The molecule has 6 rings (SSSR count). The number of carbonyl (C=O) groups is 1. The molecule has 1 spiro atoms. The molecule has 0 unspecified atom stereocenters. The van der Waals surface area contributed by atoms with Crippen molar-refractivity contribution in [3.05, 3.63) is 47.1 Å². The Morgan fingerprint density at radius 1 is 1.06 bits per heavy atom. The van der Waals surface area contributed by atoms with Crippen LogP contribution in [0.2, 0.25) is 0 Å². The Morgan fingerprint density at radius 2 is 1.83 bits per heavy atom. The topological polar surface area (TPSA) is 174 Å². The van der Waals surface area contributed by atoms with E-state index in [1.807, 2.05) is 19.9 Å². The van der Waals surface area contributed by atoms with E-state index in [0.717, 1.165) is 18.4 Å². The van der Waals surface area contributed by atoms with Crippen molar-refractivity contribution in [1.29, 1.82) is 0 Å². The minimum absolute atomic E-state index is 0.00323. The monoisotopic (exact) mass is 732 g/mol. The molecule has 1 aliphatic carbocycles. The molecule has 0 saturated carbocycles. The van der Waals surface area contributed by atoms with Crippen LogP contribution in [-0.2, 0) is 33.2 Å². The van der Waals surface area contributed by atoms with E-state index in [0.29, 0.717) is 48.7 Å². The lowest BCUT2D eigenvalue weighted by molar-refractivity contribution is -0.340. The maximum Gasteiger partial charge on any atom is 0.316 e. The first-order valence-electron chi connectivity index (χ1n) is 19.3. The number of aliphatic hydroxyl groups is 5. The molecule has 4 fully saturated rings. The molecule has 6 aliphatic rings. The van der Waals surface area contributed by atoms with Gasteiger partial charge in [-0.25, -0.2) is 0 Å². The van der Waals surface area contributed by atoms with Crippen LogP contribution in [0.25, 0.3) is 0 Å². The number of aliphatic hydroxyl groups excluding tert-OH is 4. The van der Waals surface area contributed by atoms with Crippen LogP contribution in [0.5, 0.6) is 0 Å². The lowest BCUT2D eigenvalue weighted by atomic mass is 9.71. The molecule has 0 aromatic rings. The highest BCUT2D eigenvalue weighted by Crippen LogP contribution is 2.48. The van der Waals surface area contributed by atoms with Crippen LogP contribution in [0.1, 0.15) is 86.5 Å². The lowest BCUT2D eigenvalue weighted by Crippen LogP contribution is -2.58. The van der Waals surface area contributed by atoms with Gasteiger partial charge in [-0.05, 0) is 55.2 Å². The molecule has 5 heterocycles. The van der Waals surface area contributed by atoms with Crippen LogP contribution in [-0.4, -0.2) is 117 Å². The number of ether oxygens (including phenoxy) is 6. The maximum absolute atomic E-state index is 14.2. The smallest absolute Gasteiger partial charge is 0.316 e. The number of allylic oxidation sites excluding steroid dienone is 2. The molecule has 292 valence electrons. The highest BCUT2D eigenvalue weighted by atomic mass is 16.7. The van der Waals surface area contributed by atoms with Crippen LogP contribution in [0.3, 0.4) is 0 Å². The summed E-state index contributed by atoms with van der Waals surface area (Å²) in [5.41, 5.74) is -0.0170. The van der Waals surface area contributed by atoms with Crippen molar-refractivity contribution < 1.29 is 58.7 Å². The Morgan fingerprint density at radius 3 is 2.56 bits per heavy atom. The van der Waals surface area contributed by atoms with E-state index >= 15 is 0 Å². The first-order chi connectivity index (χ1) is 24.7. The molecule has 52 heavy (non-hydrogen) atoms.